The standard InChI is InChI=1S/Ca.Mg.H3O4P.H2O.4H/c;;1-5(2,3)4;;;;;/h;;(H3,1,2,3,4);1H2;;;;. The van der Waals surface area contributed by atoms with E-state index in [4.69, 9.17) is 19.2 Å². The van der Waals surface area contributed by atoms with Crippen molar-refractivity contribution in [3.8, 4) is 0 Å². The van der Waals surface area contributed by atoms with Gasteiger partial charge in [0.1, 0.15) is 0 Å². The van der Waals surface area contributed by atoms with Gasteiger partial charge in [-0.1, -0.05) is 0 Å². The Balaban J connectivity index is -0.0000000267. The molecular weight excluding hydrogens is 175 g/mol. The fourth-order valence-corrected chi connectivity index (χ4v) is 0. The molecule has 5 nitrogen and oxygen atoms in total. The predicted octanol–water partition coefficient (Wildman–Crippen LogP) is -3.59. The predicted molar refractivity (Wildman–Crippen MR) is 35.0 cm³/mol. The molecule has 0 bridgehead atoms. The molecular formula is H9CaMgO5P. The average molecular weight is 184 g/mol. The molecule has 0 aromatic heterocycles. The van der Waals surface area contributed by atoms with Gasteiger partial charge in [0.15, 0.2) is 0 Å². The maximum absolute atomic E-state index is 8.88. The third-order valence-corrected chi connectivity index (χ3v) is 0. The van der Waals surface area contributed by atoms with Gasteiger partial charge >= 0.3 is 68.6 Å². The Labute approximate surface area is 92.2 Å². The Morgan fingerprint density at radius 2 is 1.12 bits per heavy atom. The molecule has 0 aliphatic carbocycles. The summed E-state index contributed by atoms with van der Waals surface area (Å²) in [5.41, 5.74) is 0. The first-order valence-corrected chi connectivity index (χ1v) is 2.35. The van der Waals surface area contributed by atoms with Crippen molar-refractivity contribution in [1.29, 1.82) is 0 Å². The molecule has 48 valence electrons. The molecule has 0 amide bonds. The normalized spacial score (nSPS) is 7.38. The van der Waals surface area contributed by atoms with E-state index >= 15 is 0 Å². The minimum atomic E-state index is -4.64. The van der Waals surface area contributed by atoms with Crippen LogP contribution in [0.3, 0.4) is 0 Å². The van der Waals surface area contributed by atoms with Crippen LogP contribution in [0.2, 0.25) is 0 Å². The van der Waals surface area contributed by atoms with Crippen LogP contribution in [0.5, 0.6) is 0 Å². The molecule has 0 radical (unpaired) electrons. The van der Waals surface area contributed by atoms with Gasteiger partial charge in [-0.05, 0) is 0 Å². The fraction of sp³-hybridized carbons (Fsp3) is 0. The molecule has 0 aliphatic rings. The summed E-state index contributed by atoms with van der Waals surface area (Å²) in [4.78, 5) is 21.6. The largest absolute Gasteiger partial charge is 0.316 e. The molecule has 0 saturated heterocycles. The topological polar surface area (TPSA) is 109 Å². The van der Waals surface area contributed by atoms with Crippen molar-refractivity contribution in [3.05, 3.63) is 0 Å². The van der Waals surface area contributed by atoms with Crippen LogP contribution in [0.4, 0.5) is 0 Å². The van der Waals surface area contributed by atoms with Crippen LogP contribution in [0.15, 0.2) is 0 Å². The second kappa shape index (κ2) is 9.10. The van der Waals surface area contributed by atoms with Crippen molar-refractivity contribution >= 4 is 68.6 Å². The van der Waals surface area contributed by atoms with Gasteiger partial charge in [-0.3, -0.25) is 0 Å². The van der Waals surface area contributed by atoms with Crippen LogP contribution in [0.1, 0.15) is 0 Å². The van der Waals surface area contributed by atoms with E-state index in [1.54, 1.807) is 0 Å². The summed E-state index contributed by atoms with van der Waals surface area (Å²) in [6.45, 7) is 0. The molecule has 0 saturated carbocycles. The quantitative estimate of drug-likeness (QED) is 0.267. The van der Waals surface area contributed by atoms with Gasteiger partial charge in [0.25, 0.3) is 0 Å². The summed E-state index contributed by atoms with van der Waals surface area (Å²) in [5, 5.41) is 0. The van der Waals surface area contributed by atoms with Crippen molar-refractivity contribution < 1.29 is 24.7 Å². The summed E-state index contributed by atoms with van der Waals surface area (Å²) >= 11 is 0. The SMILES string of the molecule is O.O=P(O)(O)O.[CaH2].[MgH2]. The first kappa shape index (κ1) is 22.5. The van der Waals surface area contributed by atoms with Crippen LogP contribution in [0, 0.1) is 0 Å². The number of rotatable bonds is 0. The van der Waals surface area contributed by atoms with Crippen molar-refractivity contribution in [2.75, 3.05) is 0 Å². The van der Waals surface area contributed by atoms with Crippen LogP contribution in [-0.4, -0.2) is 80.9 Å². The molecule has 5 N–H and O–H groups in total. The number of hydrogen-bond donors (Lipinski definition) is 3. The summed E-state index contributed by atoms with van der Waals surface area (Å²) in [6.07, 6.45) is 0. The Bertz CT molecular complexity index is 58.6. The van der Waals surface area contributed by atoms with Crippen LogP contribution < -0.4 is 0 Å². The van der Waals surface area contributed by atoms with E-state index in [-0.39, 0.29) is 66.3 Å². The van der Waals surface area contributed by atoms with Crippen molar-refractivity contribution in [1.82, 2.24) is 0 Å². The van der Waals surface area contributed by atoms with E-state index in [1.807, 2.05) is 0 Å². The smallest absolute Gasteiger partial charge is 0.316 e. The summed E-state index contributed by atoms with van der Waals surface area (Å²) < 4.78 is 8.88. The van der Waals surface area contributed by atoms with Gasteiger partial charge in [0.2, 0.25) is 0 Å². The van der Waals surface area contributed by atoms with Gasteiger partial charge in [0.05, 0.1) is 0 Å². The first-order chi connectivity index (χ1) is 2.00. The Morgan fingerprint density at radius 3 is 1.12 bits per heavy atom. The minimum absolute atomic E-state index is 0. The van der Waals surface area contributed by atoms with Crippen molar-refractivity contribution in [2.45, 2.75) is 0 Å². The Morgan fingerprint density at radius 1 is 1.12 bits per heavy atom. The molecule has 0 aromatic carbocycles. The third kappa shape index (κ3) is 92.8. The van der Waals surface area contributed by atoms with Crippen LogP contribution >= 0.6 is 7.82 Å². The first-order valence-electron chi connectivity index (χ1n) is 0.783. The molecule has 0 atom stereocenters. The molecule has 8 heteroatoms. The van der Waals surface area contributed by atoms with Crippen LogP contribution in [-0.2, 0) is 4.57 Å². The zero-order valence-electron chi connectivity index (χ0n) is 2.70. The van der Waals surface area contributed by atoms with E-state index in [2.05, 4.69) is 0 Å². The third-order valence-electron chi connectivity index (χ3n) is 0. The summed E-state index contributed by atoms with van der Waals surface area (Å²) in [6, 6.07) is 0. The van der Waals surface area contributed by atoms with E-state index in [9.17, 15) is 0 Å². The molecule has 0 fully saturated rings. The molecule has 0 aliphatic heterocycles. The monoisotopic (exact) mass is 184 g/mol. The molecule has 8 heavy (non-hydrogen) atoms. The molecule has 0 spiro atoms. The molecule has 0 rings (SSSR count). The van der Waals surface area contributed by atoms with Crippen molar-refractivity contribution in [3.63, 3.8) is 0 Å². The zero-order valence-corrected chi connectivity index (χ0v) is 3.59. The second-order valence-corrected chi connectivity index (χ2v) is 1.54. The van der Waals surface area contributed by atoms with Crippen molar-refractivity contribution in [2.24, 2.45) is 0 Å². The van der Waals surface area contributed by atoms with E-state index in [1.165, 1.54) is 0 Å². The average Bonchev–Trinajstić information content (AvgIpc) is 0.722. The molecule has 0 heterocycles. The van der Waals surface area contributed by atoms with Gasteiger partial charge in [-0.2, -0.15) is 0 Å². The van der Waals surface area contributed by atoms with E-state index in [0.29, 0.717) is 0 Å². The van der Waals surface area contributed by atoms with Gasteiger partial charge in [-0.15, -0.1) is 0 Å². The van der Waals surface area contributed by atoms with E-state index in [0.717, 1.165) is 0 Å². The van der Waals surface area contributed by atoms with Gasteiger partial charge in [-0.25, -0.2) is 4.57 Å². The van der Waals surface area contributed by atoms with Gasteiger partial charge < -0.3 is 20.2 Å². The Hall–Kier alpha value is 2.10. The molecule has 0 unspecified atom stereocenters. The maximum atomic E-state index is 8.88. The second-order valence-electron chi connectivity index (χ2n) is 0.513. The summed E-state index contributed by atoms with van der Waals surface area (Å²) in [5.74, 6) is 0. The Kier molecular flexibility index (Phi) is 25.6. The zero-order chi connectivity index (χ0) is 4.50. The fourth-order valence-electron chi connectivity index (χ4n) is 0. The van der Waals surface area contributed by atoms with Crippen LogP contribution in [0.25, 0.3) is 0 Å². The minimum Gasteiger partial charge on any atom is 0.316 e. The van der Waals surface area contributed by atoms with E-state index < -0.39 is 7.82 Å². The summed E-state index contributed by atoms with van der Waals surface area (Å²) in [7, 11) is -4.64. The number of phosphoric acid groups is 1. The molecule has 0 aromatic rings. The van der Waals surface area contributed by atoms with Gasteiger partial charge in [0, 0.05) is 0 Å². The number of hydrogen-bond acceptors (Lipinski definition) is 1. The maximum Gasteiger partial charge on any atom is 0.316 e.